The Hall–Kier alpha value is -0.920. The highest BCUT2D eigenvalue weighted by Gasteiger charge is 2.12. The fourth-order valence-electron chi connectivity index (χ4n) is 1.79. The molecule has 110 valence electrons. The first-order chi connectivity index (χ1) is 9.95. The largest absolute Gasteiger partial charge is 0.326 e. The summed E-state index contributed by atoms with van der Waals surface area (Å²) in [7, 11) is 0. The molecule has 0 aliphatic rings. The average Bonchev–Trinajstić information content (AvgIpc) is 2.86. The zero-order valence-corrected chi connectivity index (χ0v) is 15.0. The van der Waals surface area contributed by atoms with Crippen LogP contribution in [-0.4, -0.2) is 11.7 Å². The van der Waals surface area contributed by atoms with Crippen molar-refractivity contribution in [3.05, 3.63) is 48.7 Å². The number of benzene rings is 1. The van der Waals surface area contributed by atoms with E-state index in [-0.39, 0.29) is 24.5 Å². The van der Waals surface area contributed by atoms with E-state index in [0.717, 1.165) is 14.8 Å². The summed E-state index contributed by atoms with van der Waals surface area (Å²) in [5.74, 6) is -0.211. The number of carbonyl (C=O) groups is 2. The van der Waals surface area contributed by atoms with Crippen molar-refractivity contribution in [3.63, 3.8) is 0 Å². The Morgan fingerprint density at radius 3 is 2.62 bits per heavy atom. The molecule has 0 radical (unpaired) electrons. The predicted molar refractivity (Wildman–Crippen MR) is 95.4 cm³/mol. The minimum absolute atomic E-state index is 0.0543. The van der Waals surface area contributed by atoms with Gasteiger partial charge in [0.1, 0.15) is 0 Å². The number of carbonyl (C=O) groups excluding carboxylic acids is 2. The van der Waals surface area contributed by atoms with Crippen LogP contribution in [0.25, 0.3) is 0 Å². The van der Waals surface area contributed by atoms with Crippen LogP contribution in [-0.2, 0) is 4.79 Å². The molecule has 3 nitrogen and oxygen atoms in total. The number of anilines is 1. The third kappa shape index (κ3) is 4.79. The number of aryl methyl sites for hydroxylation is 1. The van der Waals surface area contributed by atoms with Gasteiger partial charge in [-0.2, -0.15) is 0 Å². The van der Waals surface area contributed by atoms with Crippen LogP contribution in [0.5, 0.6) is 0 Å². The summed E-state index contributed by atoms with van der Waals surface area (Å²) in [6, 6.07) is 9.18. The Morgan fingerprint density at radius 2 is 2.00 bits per heavy atom. The van der Waals surface area contributed by atoms with Crippen molar-refractivity contribution in [2.75, 3.05) is 5.32 Å². The summed E-state index contributed by atoms with van der Waals surface area (Å²) in [5.41, 5.74) is 1.79. The van der Waals surface area contributed by atoms with Crippen molar-refractivity contribution in [1.82, 2.24) is 0 Å². The molecule has 2 rings (SSSR count). The number of rotatable bonds is 5. The molecule has 0 aliphatic carbocycles. The van der Waals surface area contributed by atoms with Crippen molar-refractivity contribution in [2.45, 2.75) is 19.8 Å². The lowest BCUT2D eigenvalue weighted by Gasteiger charge is -2.08. The molecule has 1 aromatic heterocycles. The lowest BCUT2D eigenvalue weighted by atomic mass is 10.1. The molecule has 1 amide bonds. The van der Waals surface area contributed by atoms with Crippen molar-refractivity contribution in [1.29, 1.82) is 0 Å². The molecule has 0 saturated carbocycles. The molecule has 2 aromatic rings. The topological polar surface area (TPSA) is 46.2 Å². The highest BCUT2D eigenvalue weighted by Crippen LogP contribution is 2.23. The van der Waals surface area contributed by atoms with E-state index in [2.05, 4.69) is 27.9 Å². The number of halogens is 2. The molecule has 1 aromatic carbocycles. The first-order valence-electron chi connectivity index (χ1n) is 6.30. The third-order valence-corrected chi connectivity index (χ3v) is 4.83. The van der Waals surface area contributed by atoms with Crippen LogP contribution >= 0.6 is 45.5 Å². The van der Waals surface area contributed by atoms with Crippen LogP contribution < -0.4 is 5.32 Å². The molecular formula is C15H13ClINO2S. The van der Waals surface area contributed by atoms with Gasteiger partial charge in [0.2, 0.25) is 5.91 Å². The molecule has 1 N–H and O–H groups in total. The van der Waals surface area contributed by atoms with Crippen LogP contribution in [0, 0.1) is 10.5 Å². The summed E-state index contributed by atoms with van der Waals surface area (Å²) in [6.45, 7) is 1.94. The van der Waals surface area contributed by atoms with E-state index < -0.39 is 0 Å². The smallest absolute Gasteiger partial charge is 0.224 e. The van der Waals surface area contributed by atoms with E-state index in [1.54, 1.807) is 12.1 Å². The van der Waals surface area contributed by atoms with Gasteiger partial charge in [-0.1, -0.05) is 11.6 Å². The van der Waals surface area contributed by atoms with Crippen LogP contribution in [0.2, 0.25) is 4.34 Å². The van der Waals surface area contributed by atoms with Gasteiger partial charge >= 0.3 is 0 Å². The lowest BCUT2D eigenvalue weighted by Crippen LogP contribution is -2.14. The molecule has 0 spiro atoms. The molecular weight excluding hydrogens is 421 g/mol. The SMILES string of the molecule is Cc1cc(I)ccc1NC(=O)CCC(=O)c1ccc(Cl)s1. The number of amides is 1. The van der Waals surface area contributed by atoms with Crippen LogP contribution in [0.15, 0.2) is 30.3 Å². The standard InChI is InChI=1S/C15H13ClINO2S/c1-9-8-10(17)2-3-11(9)18-15(20)7-4-12(19)13-5-6-14(16)21-13/h2-3,5-6,8H,4,7H2,1H3,(H,18,20). The van der Waals surface area contributed by atoms with Gasteiger partial charge in [-0.25, -0.2) is 0 Å². The minimum atomic E-state index is -0.157. The minimum Gasteiger partial charge on any atom is -0.326 e. The normalized spacial score (nSPS) is 10.4. The molecule has 0 fully saturated rings. The molecule has 0 aliphatic heterocycles. The van der Waals surface area contributed by atoms with Crippen molar-refractivity contribution in [2.24, 2.45) is 0 Å². The highest BCUT2D eigenvalue weighted by molar-refractivity contribution is 14.1. The van der Waals surface area contributed by atoms with Gasteiger partial charge < -0.3 is 5.32 Å². The van der Waals surface area contributed by atoms with Crippen LogP contribution in [0.1, 0.15) is 28.1 Å². The Labute approximate surface area is 145 Å². The number of Topliss-reactive ketones (excluding diaryl/α,β-unsaturated/α-hetero) is 1. The number of hydrogen-bond donors (Lipinski definition) is 1. The summed E-state index contributed by atoms with van der Waals surface area (Å²) < 4.78 is 1.70. The second-order valence-corrected chi connectivity index (χ2v) is 7.50. The number of ketones is 1. The maximum Gasteiger partial charge on any atom is 0.224 e. The molecule has 0 atom stereocenters. The van der Waals surface area contributed by atoms with Gasteiger partial charge in [-0.05, 0) is 65.4 Å². The van der Waals surface area contributed by atoms with Gasteiger partial charge in [0.25, 0.3) is 0 Å². The number of thiophene rings is 1. The molecule has 0 saturated heterocycles. The Kier molecular flexibility index (Phi) is 5.78. The first kappa shape index (κ1) is 16.5. The maximum absolute atomic E-state index is 11.9. The van der Waals surface area contributed by atoms with Crippen molar-refractivity contribution >= 4 is 62.9 Å². The Balaban J connectivity index is 1.89. The number of hydrogen-bond acceptors (Lipinski definition) is 3. The molecule has 0 bridgehead atoms. The summed E-state index contributed by atoms with van der Waals surface area (Å²) >= 11 is 9.25. The van der Waals surface area contributed by atoms with E-state index in [1.165, 1.54) is 11.3 Å². The maximum atomic E-state index is 11.9. The monoisotopic (exact) mass is 433 g/mol. The lowest BCUT2D eigenvalue weighted by molar-refractivity contribution is -0.116. The van der Waals surface area contributed by atoms with Gasteiger partial charge in [-0.3, -0.25) is 9.59 Å². The zero-order valence-electron chi connectivity index (χ0n) is 11.3. The second kappa shape index (κ2) is 7.38. The molecule has 1 heterocycles. The van der Waals surface area contributed by atoms with Gasteiger partial charge in [0.05, 0.1) is 9.21 Å². The van der Waals surface area contributed by atoms with E-state index in [1.807, 2.05) is 25.1 Å². The van der Waals surface area contributed by atoms with E-state index in [0.29, 0.717) is 9.21 Å². The summed E-state index contributed by atoms with van der Waals surface area (Å²) in [5, 5.41) is 2.83. The van der Waals surface area contributed by atoms with Crippen LogP contribution in [0.4, 0.5) is 5.69 Å². The fourth-order valence-corrected chi connectivity index (χ4v) is 3.45. The third-order valence-electron chi connectivity index (χ3n) is 2.89. The first-order valence-corrected chi connectivity index (χ1v) is 8.57. The quantitative estimate of drug-likeness (QED) is 0.537. The summed E-state index contributed by atoms with van der Waals surface area (Å²) in [4.78, 5) is 24.4. The average molecular weight is 434 g/mol. The molecule has 21 heavy (non-hydrogen) atoms. The Morgan fingerprint density at radius 1 is 1.24 bits per heavy atom. The van der Waals surface area contributed by atoms with Gasteiger partial charge in [0, 0.05) is 22.1 Å². The van der Waals surface area contributed by atoms with E-state index in [4.69, 9.17) is 11.6 Å². The van der Waals surface area contributed by atoms with E-state index >= 15 is 0 Å². The Bertz CT molecular complexity index is 684. The van der Waals surface area contributed by atoms with Crippen LogP contribution in [0.3, 0.4) is 0 Å². The second-order valence-electron chi connectivity index (χ2n) is 4.53. The van der Waals surface area contributed by atoms with Crippen molar-refractivity contribution in [3.8, 4) is 0 Å². The predicted octanol–water partition coefficient (Wildman–Crippen LogP) is 4.92. The van der Waals surface area contributed by atoms with E-state index in [9.17, 15) is 9.59 Å². The number of nitrogens with one attached hydrogen (secondary N) is 1. The van der Waals surface area contributed by atoms with Crippen molar-refractivity contribution < 1.29 is 9.59 Å². The highest BCUT2D eigenvalue weighted by atomic mass is 127. The summed E-state index contributed by atoms with van der Waals surface area (Å²) in [6.07, 6.45) is 0.353. The van der Waals surface area contributed by atoms with Gasteiger partial charge in [0.15, 0.2) is 5.78 Å². The zero-order chi connectivity index (χ0) is 15.4. The fraction of sp³-hybridized carbons (Fsp3) is 0.200. The molecule has 0 unspecified atom stereocenters. The van der Waals surface area contributed by atoms with Gasteiger partial charge in [-0.15, -0.1) is 11.3 Å². The molecule has 6 heteroatoms.